The first-order valence-electron chi connectivity index (χ1n) is 7.01. The molecule has 0 saturated carbocycles. The summed E-state index contributed by atoms with van der Waals surface area (Å²) >= 11 is 3.23. The lowest BCUT2D eigenvalue weighted by atomic mass is 10.1. The first kappa shape index (κ1) is 14.2. The molecule has 110 valence electrons. The van der Waals surface area contributed by atoms with Crippen LogP contribution in [0.15, 0.2) is 51.6 Å². The first-order valence-corrected chi connectivity index (χ1v) is 7.81. The predicted molar refractivity (Wildman–Crippen MR) is 85.6 cm³/mol. The molecule has 5 heteroatoms. The van der Waals surface area contributed by atoms with Gasteiger partial charge < -0.3 is 14.2 Å². The standard InChI is InChI=1S/C16H17BrN2O2/c1-12-11-18(16(20)14-7-8-15(17)21-14)9-10-19(12)13-5-3-2-4-6-13/h2-8,12H,9-11H2,1H3. The highest BCUT2D eigenvalue weighted by molar-refractivity contribution is 9.10. The van der Waals surface area contributed by atoms with Gasteiger partial charge in [-0.05, 0) is 47.1 Å². The zero-order chi connectivity index (χ0) is 14.8. The molecule has 1 aromatic carbocycles. The number of para-hydroxylation sites is 1. The van der Waals surface area contributed by atoms with Crippen LogP contribution in [0, 0.1) is 0 Å². The van der Waals surface area contributed by atoms with Crippen molar-refractivity contribution in [3.8, 4) is 0 Å². The lowest BCUT2D eigenvalue weighted by Crippen LogP contribution is -2.53. The number of halogens is 1. The van der Waals surface area contributed by atoms with Gasteiger partial charge in [-0.2, -0.15) is 0 Å². The molecule has 0 aliphatic carbocycles. The van der Waals surface area contributed by atoms with Gasteiger partial charge in [-0.25, -0.2) is 0 Å². The maximum absolute atomic E-state index is 12.4. The first-order chi connectivity index (χ1) is 10.1. The maximum Gasteiger partial charge on any atom is 0.289 e. The normalized spacial score (nSPS) is 18.9. The average molecular weight is 349 g/mol. The quantitative estimate of drug-likeness (QED) is 0.834. The summed E-state index contributed by atoms with van der Waals surface area (Å²) in [6.07, 6.45) is 0. The molecule has 2 aromatic rings. The monoisotopic (exact) mass is 348 g/mol. The highest BCUT2D eigenvalue weighted by Crippen LogP contribution is 2.22. The second-order valence-corrected chi connectivity index (χ2v) is 6.01. The molecule has 3 rings (SSSR count). The Balaban J connectivity index is 1.69. The number of hydrogen-bond acceptors (Lipinski definition) is 3. The molecule has 1 unspecified atom stereocenters. The molecule has 0 bridgehead atoms. The third-order valence-electron chi connectivity index (χ3n) is 3.79. The van der Waals surface area contributed by atoms with E-state index >= 15 is 0 Å². The lowest BCUT2D eigenvalue weighted by Gasteiger charge is -2.41. The van der Waals surface area contributed by atoms with E-state index in [9.17, 15) is 4.79 Å². The Labute approximate surface area is 132 Å². The molecule has 0 spiro atoms. The zero-order valence-corrected chi connectivity index (χ0v) is 13.4. The number of nitrogens with zero attached hydrogens (tertiary/aromatic N) is 2. The fraction of sp³-hybridized carbons (Fsp3) is 0.312. The summed E-state index contributed by atoms with van der Waals surface area (Å²) < 4.78 is 5.94. The molecular weight excluding hydrogens is 332 g/mol. The largest absolute Gasteiger partial charge is 0.444 e. The molecule has 1 aromatic heterocycles. The number of benzene rings is 1. The van der Waals surface area contributed by atoms with Gasteiger partial charge in [0.1, 0.15) is 0 Å². The molecule has 1 fully saturated rings. The third-order valence-corrected chi connectivity index (χ3v) is 4.21. The smallest absolute Gasteiger partial charge is 0.289 e. The van der Waals surface area contributed by atoms with Crippen molar-refractivity contribution in [3.05, 3.63) is 52.9 Å². The molecule has 0 N–H and O–H groups in total. The highest BCUT2D eigenvalue weighted by Gasteiger charge is 2.28. The van der Waals surface area contributed by atoms with Crippen molar-refractivity contribution < 1.29 is 9.21 Å². The van der Waals surface area contributed by atoms with E-state index in [2.05, 4.69) is 39.9 Å². The number of carbonyl (C=O) groups is 1. The Hall–Kier alpha value is -1.75. The number of hydrogen-bond donors (Lipinski definition) is 0. The van der Waals surface area contributed by atoms with Gasteiger partial charge in [0.15, 0.2) is 10.4 Å². The molecule has 1 saturated heterocycles. The van der Waals surface area contributed by atoms with Crippen LogP contribution < -0.4 is 4.90 Å². The van der Waals surface area contributed by atoms with Crippen molar-refractivity contribution in [2.45, 2.75) is 13.0 Å². The van der Waals surface area contributed by atoms with Crippen LogP contribution in [0.4, 0.5) is 5.69 Å². The summed E-state index contributed by atoms with van der Waals surface area (Å²) in [5.41, 5.74) is 1.21. The van der Waals surface area contributed by atoms with Crippen LogP contribution in [0.3, 0.4) is 0 Å². The van der Waals surface area contributed by atoms with E-state index in [-0.39, 0.29) is 11.9 Å². The molecule has 4 nitrogen and oxygen atoms in total. The summed E-state index contributed by atoms with van der Waals surface area (Å²) in [5, 5.41) is 0. The number of piperazine rings is 1. The van der Waals surface area contributed by atoms with Gasteiger partial charge in [0.25, 0.3) is 5.91 Å². The van der Waals surface area contributed by atoms with Gasteiger partial charge in [-0.1, -0.05) is 18.2 Å². The minimum Gasteiger partial charge on any atom is -0.444 e. The highest BCUT2D eigenvalue weighted by atomic mass is 79.9. The van der Waals surface area contributed by atoms with Crippen molar-refractivity contribution in [1.82, 2.24) is 4.90 Å². The maximum atomic E-state index is 12.4. The van der Waals surface area contributed by atoms with Crippen LogP contribution in [0.25, 0.3) is 0 Å². The van der Waals surface area contributed by atoms with Crippen molar-refractivity contribution in [1.29, 1.82) is 0 Å². The molecule has 1 aliphatic rings. The van der Waals surface area contributed by atoms with Crippen molar-refractivity contribution in [2.75, 3.05) is 24.5 Å². The number of amides is 1. The molecule has 21 heavy (non-hydrogen) atoms. The molecular formula is C16H17BrN2O2. The number of carbonyl (C=O) groups excluding carboxylic acids is 1. The molecule has 2 heterocycles. The number of anilines is 1. The second-order valence-electron chi connectivity index (χ2n) is 5.23. The Morgan fingerprint density at radius 2 is 1.95 bits per heavy atom. The molecule has 1 aliphatic heterocycles. The number of furan rings is 1. The Kier molecular flexibility index (Phi) is 4.01. The predicted octanol–water partition coefficient (Wildman–Crippen LogP) is 3.39. The van der Waals surface area contributed by atoms with E-state index in [0.29, 0.717) is 23.5 Å². The van der Waals surface area contributed by atoms with Crippen molar-refractivity contribution in [3.63, 3.8) is 0 Å². The van der Waals surface area contributed by atoms with Crippen molar-refractivity contribution >= 4 is 27.5 Å². The average Bonchev–Trinajstić information content (AvgIpc) is 2.94. The van der Waals surface area contributed by atoms with Crippen LogP contribution >= 0.6 is 15.9 Å². The summed E-state index contributed by atoms with van der Waals surface area (Å²) in [5.74, 6) is 0.350. The van der Waals surface area contributed by atoms with E-state index < -0.39 is 0 Å². The number of rotatable bonds is 2. The minimum absolute atomic E-state index is 0.0414. The van der Waals surface area contributed by atoms with Crippen LogP contribution in [0.5, 0.6) is 0 Å². The van der Waals surface area contributed by atoms with Gasteiger partial charge in [0, 0.05) is 31.4 Å². The van der Waals surface area contributed by atoms with Gasteiger partial charge in [-0.3, -0.25) is 4.79 Å². The van der Waals surface area contributed by atoms with Gasteiger partial charge >= 0.3 is 0 Å². The van der Waals surface area contributed by atoms with Crippen LogP contribution in [0.1, 0.15) is 17.5 Å². The van der Waals surface area contributed by atoms with Crippen LogP contribution in [-0.4, -0.2) is 36.5 Å². The van der Waals surface area contributed by atoms with E-state index in [1.165, 1.54) is 5.69 Å². The van der Waals surface area contributed by atoms with Gasteiger partial charge in [-0.15, -0.1) is 0 Å². The van der Waals surface area contributed by atoms with E-state index in [1.54, 1.807) is 12.1 Å². The van der Waals surface area contributed by atoms with E-state index in [4.69, 9.17) is 4.42 Å². The van der Waals surface area contributed by atoms with Crippen LogP contribution in [0.2, 0.25) is 0 Å². The second kappa shape index (κ2) is 5.93. The van der Waals surface area contributed by atoms with E-state index in [0.717, 1.165) is 6.54 Å². The fourth-order valence-corrected chi connectivity index (χ4v) is 3.04. The fourth-order valence-electron chi connectivity index (χ4n) is 2.73. The molecule has 1 amide bonds. The minimum atomic E-state index is -0.0414. The van der Waals surface area contributed by atoms with Gasteiger partial charge in [0.05, 0.1) is 0 Å². The van der Waals surface area contributed by atoms with Gasteiger partial charge in [0.2, 0.25) is 0 Å². The summed E-state index contributed by atoms with van der Waals surface area (Å²) in [7, 11) is 0. The topological polar surface area (TPSA) is 36.7 Å². The third kappa shape index (κ3) is 2.97. The summed E-state index contributed by atoms with van der Waals surface area (Å²) in [6, 6.07) is 14.1. The van der Waals surface area contributed by atoms with Crippen molar-refractivity contribution in [2.24, 2.45) is 0 Å². The lowest BCUT2D eigenvalue weighted by molar-refractivity contribution is 0.0693. The summed E-state index contributed by atoms with van der Waals surface area (Å²) in [4.78, 5) is 16.6. The van der Waals surface area contributed by atoms with Crippen LogP contribution in [-0.2, 0) is 0 Å². The SMILES string of the molecule is CC1CN(C(=O)c2ccc(Br)o2)CCN1c1ccccc1. The Morgan fingerprint density at radius 1 is 1.19 bits per heavy atom. The molecule has 0 radical (unpaired) electrons. The summed E-state index contributed by atoms with van der Waals surface area (Å²) in [6.45, 7) is 4.38. The Morgan fingerprint density at radius 3 is 2.57 bits per heavy atom. The molecule has 1 atom stereocenters. The Bertz CT molecular complexity index is 626. The zero-order valence-electron chi connectivity index (χ0n) is 11.8. The van der Waals surface area contributed by atoms with E-state index in [1.807, 2.05) is 23.1 Å².